The van der Waals surface area contributed by atoms with Gasteiger partial charge in [-0.05, 0) is 38.8 Å². The van der Waals surface area contributed by atoms with Crippen LogP contribution >= 0.6 is 0 Å². The van der Waals surface area contributed by atoms with Gasteiger partial charge in [0.25, 0.3) is 0 Å². The number of diazo groups is 1. The highest BCUT2D eigenvalue weighted by atomic mass is 16.5. The molecule has 0 radical (unpaired) electrons. The molecular weight excluding hydrogens is 242 g/mol. The van der Waals surface area contributed by atoms with Crippen LogP contribution in [0.5, 0.6) is 11.5 Å². The molecule has 1 aromatic rings. The van der Waals surface area contributed by atoms with Gasteiger partial charge in [0.1, 0.15) is 0 Å². The monoisotopic (exact) mass is 262 g/mol. The van der Waals surface area contributed by atoms with E-state index in [9.17, 15) is 5.39 Å². The molecule has 0 atom stereocenters. The van der Waals surface area contributed by atoms with Gasteiger partial charge in [0.15, 0.2) is 16.4 Å². The van der Waals surface area contributed by atoms with Crippen molar-refractivity contribution in [3.63, 3.8) is 0 Å². The van der Waals surface area contributed by atoms with Crippen LogP contribution in [0.15, 0.2) is 12.1 Å². The summed E-state index contributed by atoms with van der Waals surface area (Å²) in [7, 11) is 0. The minimum absolute atomic E-state index is 0.467. The second kappa shape index (κ2) is 6.28. The molecule has 0 N–H and O–H groups in total. The van der Waals surface area contributed by atoms with Crippen molar-refractivity contribution in [2.45, 2.75) is 26.7 Å². The summed E-state index contributed by atoms with van der Waals surface area (Å²) in [4.78, 5) is 5.63. The van der Waals surface area contributed by atoms with Gasteiger partial charge in [-0.3, -0.25) is 0 Å². The Hall–Kier alpha value is -1.96. The predicted octanol–water partition coefficient (Wildman–Crippen LogP) is 3.57. The van der Waals surface area contributed by atoms with Crippen LogP contribution < -0.4 is 14.4 Å². The molecule has 19 heavy (non-hydrogen) atoms. The van der Waals surface area contributed by atoms with Crippen molar-refractivity contribution in [3.8, 4) is 11.5 Å². The smallest absolute Gasteiger partial charge is 0.453 e. The first-order valence-electron chi connectivity index (χ1n) is 6.84. The standard InChI is InChI=1S/C14H20N3O2/c1-3-18-11-7-8-12(19-4-2)14(13(11)16-15)17-9-5-6-10-17/h7-8H,3-6,9-10H2,1-2H3/q+1. The van der Waals surface area contributed by atoms with E-state index in [4.69, 9.17) is 9.47 Å². The fraction of sp³-hybridized carbons (Fsp3) is 0.571. The fourth-order valence-electron chi connectivity index (χ4n) is 2.43. The molecule has 5 heteroatoms. The van der Waals surface area contributed by atoms with Crippen molar-refractivity contribution < 1.29 is 9.47 Å². The van der Waals surface area contributed by atoms with Crippen LogP contribution in [0.25, 0.3) is 4.98 Å². The molecule has 1 fully saturated rings. The van der Waals surface area contributed by atoms with Crippen molar-refractivity contribution >= 4 is 11.4 Å². The van der Waals surface area contributed by atoms with Gasteiger partial charge in [-0.25, -0.2) is 0 Å². The number of anilines is 1. The SMILES string of the molecule is CCOc1ccc(OCC)c(N2CCCC2)c1[N+]#N. The molecule has 0 amide bonds. The summed E-state index contributed by atoms with van der Waals surface area (Å²) in [6.07, 6.45) is 2.30. The van der Waals surface area contributed by atoms with Gasteiger partial charge < -0.3 is 14.4 Å². The van der Waals surface area contributed by atoms with E-state index in [2.05, 4.69) is 9.88 Å². The third kappa shape index (κ3) is 2.73. The zero-order chi connectivity index (χ0) is 13.7. The number of benzene rings is 1. The first kappa shape index (κ1) is 13.5. The normalized spacial score (nSPS) is 14.3. The van der Waals surface area contributed by atoms with Crippen LogP contribution in [0.2, 0.25) is 0 Å². The molecule has 1 heterocycles. The van der Waals surface area contributed by atoms with Crippen LogP contribution in [0.1, 0.15) is 26.7 Å². The first-order chi connectivity index (χ1) is 9.31. The fourth-order valence-corrected chi connectivity index (χ4v) is 2.43. The van der Waals surface area contributed by atoms with Crippen LogP contribution in [0.4, 0.5) is 11.4 Å². The summed E-state index contributed by atoms with van der Waals surface area (Å²) >= 11 is 0. The van der Waals surface area contributed by atoms with Gasteiger partial charge in [-0.15, -0.1) is 0 Å². The molecule has 1 aliphatic heterocycles. The van der Waals surface area contributed by atoms with Gasteiger partial charge >= 0.3 is 5.69 Å². The Morgan fingerprint density at radius 2 is 1.68 bits per heavy atom. The summed E-state index contributed by atoms with van der Waals surface area (Å²) in [6, 6.07) is 3.68. The van der Waals surface area contributed by atoms with Crippen molar-refractivity contribution in [1.82, 2.24) is 0 Å². The number of hydrogen-bond acceptors (Lipinski definition) is 4. The number of hydrogen-bond donors (Lipinski definition) is 0. The maximum atomic E-state index is 9.34. The first-order valence-corrected chi connectivity index (χ1v) is 6.84. The van der Waals surface area contributed by atoms with Gasteiger partial charge in [-0.1, -0.05) is 0 Å². The zero-order valence-corrected chi connectivity index (χ0v) is 11.6. The molecule has 5 nitrogen and oxygen atoms in total. The third-order valence-corrected chi connectivity index (χ3v) is 3.20. The van der Waals surface area contributed by atoms with E-state index < -0.39 is 0 Å². The quantitative estimate of drug-likeness (QED) is 0.761. The molecule has 102 valence electrons. The van der Waals surface area contributed by atoms with E-state index in [1.807, 2.05) is 19.9 Å². The lowest BCUT2D eigenvalue weighted by Crippen LogP contribution is -2.19. The Bertz CT molecular complexity index is 476. The maximum Gasteiger partial charge on any atom is 0.453 e. The summed E-state index contributed by atoms with van der Waals surface area (Å²) < 4.78 is 11.2. The van der Waals surface area contributed by atoms with Crippen LogP contribution in [0, 0.1) is 5.39 Å². The predicted molar refractivity (Wildman–Crippen MR) is 75.0 cm³/mol. The molecule has 0 saturated carbocycles. The second-order valence-corrected chi connectivity index (χ2v) is 4.42. The van der Waals surface area contributed by atoms with Gasteiger partial charge in [0.05, 0.1) is 13.2 Å². The third-order valence-electron chi connectivity index (χ3n) is 3.20. The van der Waals surface area contributed by atoms with Crippen LogP contribution in [-0.4, -0.2) is 26.3 Å². The average Bonchev–Trinajstić information content (AvgIpc) is 2.94. The van der Waals surface area contributed by atoms with E-state index in [1.54, 1.807) is 6.07 Å². The molecule has 0 bridgehead atoms. The molecule has 0 unspecified atom stereocenters. The molecule has 0 aliphatic carbocycles. The van der Waals surface area contributed by atoms with E-state index in [1.165, 1.54) is 0 Å². The Morgan fingerprint density at radius 1 is 1.11 bits per heavy atom. The topological polar surface area (TPSA) is 49.9 Å². The lowest BCUT2D eigenvalue weighted by atomic mass is 10.2. The summed E-state index contributed by atoms with van der Waals surface area (Å²) in [5, 5.41) is 9.34. The Morgan fingerprint density at radius 3 is 2.26 bits per heavy atom. The minimum atomic E-state index is 0.467. The summed E-state index contributed by atoms with van der Waals surface area (Å²) in [6.45, 7) is 6.89. The van der Waals surface area contributed by atoms with E-state index in [0.29, 0.717) is 24.7 Å². The zero-order valence-electron chi connectivity index (χ0n) is 11.6. The van der Waals surface area contributed by atoms with E-state index >= 15 is 0 Å². The number of nitrogens with zero attached hydrogens (tertiary/aromatic N) is 3. The molecule has 1 aromatic carbocycles. The number of ether oxygens (including phenoxy) is 2. The van der Waals surface area contributed by atoms with Crippen molar-refractivity contribution in [1.29, 1.82) is 5.39 Å². The van der Waals surface area contributed by atoms with Crippen molar-refractivity contribution in [2.75, 3.05) is 31.2 Å². The van der Waals surface area contributed by atoms with Gasteiger partial charge in [-0.2, -0.15) is 0 Å². The summed E-state index contributed by atoms with van der Waals surface area (Å²) in [5.41, 5.74) is 1.31. The van der Waals surface area contributed by atoms with E-state index in [-0.39, 0.29) is 0 Å². The lowest BCUT2D eigenvalue weighted by molar-refractivity contribution is 0.332. The van der Waals surface area contributed by atoms with E-state index in [0.717, 1.165) is 37.4 Å². The Kier molecular flexibility index (Phi) is 4.45. The molecule has 1 saturated heterocycles. The molecule has 1 aliphatic rings. The van der Waals surface area contributed by atoms with Crippen molar-refractivity contribution in [2.24, 2.45) is 0 Å². The van der Waals surface area contributed by atoms with Crippen LogP contribution in [0.3, 0.4) is 0 Å². The highest BCUT2D eigenvalue weighted by molar-refractivity contribution is 5.82. The largest absolute Gasteiger partial charge is 0.491 e. The lowest BCUT2D eigenvalue weighted by Gasteiger charge is -2.19. The maximum absolute atomic E-state index is 9.34. The molecule has 0 spiro atoms. The van der Waals surface area contributed by atoms with Gasteiger partial charge in [0.2, 0.25) is 11.1 Å². The highest BCUT2D eigenvalue weighted by Gasteiger charge is 2.31. The summed E-state index contributed by atoms with van der Waals surface area (Å²) in [5.74, 6) is 1.34. The molecular formula is C14H20N3O2+. The van der Waals surface area contributed by atoms with Gasteiger partial charge in [0, 0.05) is 13.1 Å². The van der Waals surface area contributed by atoms with Crippen LogP contribution in [-0.2, 0) is 0 Å². The number of rotatable bonds is 5. The molecule has 0 aromatic heterocycles. The average molecular weight is 262 g/mol. The minimum Gasteiger partial charge on any atom is -0.491 e. The Balaban J connectivity index is 2.48. The highest BCUT2D eigenvalue weighted by Crippen LogP contribution is 2.45. The van der Waals surface area contributed by atoms with Crippen molar-refractivity contribution in [3.05, 3.63) is 17.1 Å². The second-order valence-electron chi connectivity index (χ2n) is 4.42. The Labute approximate surface area is 113 Å². The molecule has 2 rings (SSSR count).